The van der Waals surface area contributed by atoms with Crippen LogP contribution in [0.4, 0.5) is 5.69 Å². The molecule has 0 aliphatic heterocycles. The summed E-state index contributed by atoms with van der Waals surface area (Å²) in [6.45, 7) is 4.00. The number of nitrogens with zero attached hydrogens (tertiary/aromatic N) is 2. The van der Waals surface area contributed by atoms with Gasteiger partial charge >= 0.3 is 0 Å². The summed E-state index contributed by atoms with van der Waals surface area (Å²) >= 11 is 0. The number of aryl methyl sites for hydroxylation is 2. The van der Waals surface area contributed by atoms with E-state index >= 15 is 0 Å². The first kappa shape index (κ1) is 17.4. The summed E-state index contributed by atoms with van der Waals surface area (Å²) < 4.78 is 1.67. The van der Waals surface area contributed by atoms with Crippen molar-refractivity contribution in [2.75, 3.05) is 5.32 Å². The van der Waals surface area contributed by atoms with Crippen molar-refractivity contribution in [2.24, 2.45) is 0 Å². The van der Waals surface area contributed by atoms with Crippen molar-refractivity contribution in [3.63, 3.8) is 0 Å². The fourth-order valence-electron chi connectivity index (χ4n) is 2.65. The molecule has 1 heterocycles. The fraction of sp³-hybridized carbons (Fsp3) is 0.0952. The summed E-state index contributed by atoms with van der Waals surface area (Å²) in [5, 5.41) is 15.1. The van der Waals surface area contributed by atoms with E-state index in [1.807, 2.05) is 62.4 Å². The number of nitrogens with one attached hydrogen (secondary N) is 2. The number of aromatic nitrogens is 2. The molecule has 0 unspecified atom stereocenters. The minimum Gasteiger partial charge on any atom is -0.354 e. The van der Waals surface area contributed by atoms with Gasteiger partial charge in [-0.1, -0.05) is 24.3 Å². The highest BCUT2D eigenvalue weighted by atomic mass is 16.1. The second kappa shape index (κ2) is 7.61. The topological polar surface area (TPSA) is 70.8 Å². The zero-order valence-electron chi connectivity index (χ0n) is 14.7. The zero-order valence-corrected chi connectivity index (χ0v) is 14.7. The van der Waals surface area contributed by atoms with Gasteiger partial charge in [-0.25, -0.2) is 4.68 Å². The standard InChI is InChI=1S/C21H20N4O/c1-15-5-3-7-17(13-15)23-19(9-11-22)21-20(26)10-12-25(24-21)18-8-4-6-16(2)14-18/h3-14,22-23H,1-2H3/b19-9-,22-11?. The lowest BCUT2D eigenvalue weighted by Gasteiger charge is -2.12. The van der Waals surface area contributed by atoms with Gasteiger partial charge in [-0.2, -0.15) is 5.10 Å². The average molecular weight is 344 g/mol. The van der Waals surface area contributed by atoms with Gasteiger partial charge < -0.3 is 10.7 Å². The average Bonchev–Trinajstić information content (AvgIpc) is 2.62. The number of benzene rings is 2. The van der Waals surface area contributed by atoms with Gasteiger partial charge in [0.1, 0.15) is 0 Å². The highest BCUT2D eigenvalue weighted by Crippen LogP contribution is 2.17. The minimum absolute atomic E-state index is 0.206. The molecule has 130 valence electrons. The molecule has 5 nitrogen and oxygen atoms in total. The molecule has 0 fully saturated rings. The molecule has 1 aromatic heterocycles. The molecule has 3 aromatic rings. The van der Waals surface area contributed by atoms with E-state index < -0.39 is 0 Å². The van der Waals surface area contributed by atoms with Crippen LogP contribution >= 0.6 is 0 Å². The normalized spacial score (nSPS) is 11.2. The Hall–Kier alpha value is -3.47. The number of allylic oxidation sites excluding steroid dienone is 1. The second-order valence-corrected chi connectivity index (χ2v) is 6.05. The minimum atomic E-state index is -0.206. The van der Waals surface area contributed by atoms with E-state index in [9.17, 15) is 4.79 Å². The van der Waals surface area contributed by atoms with E-state index in [4.69, 9.17) is 5.41 Å². The Morgan fingerprint density at radius 2 is 1.81 bits per heavy atom. The molecule has 5 heteroatoms. The summed E-state index contributed by atoms with van der Waals surface area (Å²) in [5.41, 5.74) is 4.46. The van der Waals surface area contributed by atoms with Crippen LogP contribution in [0.3, 0.4) is 0 Å². The van der Waals surface area contributed by atoms with Crippen molar-refractivity contribution in [1.82, 2.24) is 9.78 Å². The Kier molecular flexibility index (Phi) is 5.08. The Balaban J connectivity index is 2.04. The van der Waals surface area contributed by atoms with Crippen LogP contribution in [0.1, 0.15) is 16.8 Å². The maximum atomic E-state index is 12.4. The van der Waals surface area contributed by atoms with Crippen LogP contribution in [0, 0.1) is 19.3 Å². The Morgan fingerprint density at radius 1 is 1.08 bits per heavy atom. The van der Waals surface area contributed by atoms with Gasteiger partial charge in [0.05, 0.1) is 11.4 Å². The third-order valence-electron chi connectivity index (χ3n) is 3.88. The predicted octanol–water partition coefficient (Wildman–Crippen LogP) is 3.95. The third kappa shape index (κ3) is 3.95. The van der Waals surface area contributed by atoms with E-state index in [2.05, 4.69) is 10.4 Å². The summed E-state index contributed by atoms with van der Waals surface area (Å²) in [7, 11) is 0. The van der Waals surface area contributed by atoms with Crippen LogP contribution in [0.15, 0.2) is 71.7 Å². The highest BCUT2D eigenvalue weighted by Gasteiger charge is 2.10. The number of hydrogen-bond donors (Lipinski definition) is 2. The molecule has 0 bridgehead atoms. The zero-order chi connectivity index (χ0) is 18.5. The van der Waals surface area contributed by atoms with Crippen LogP contribution in [0.25, 0.3) is 11.4 Å². The molecule has 0 aliphatic rings. The summed E-state index contributed by atoms with van der Waals surface area (Å²) in [5.74, 6) is 0. The van der Waals surface area contributed by atoms with Crippen LogP contribution < -0.4 is 10.7 Å². The number of anilines is 1. The fourth-order valence-corrected chi connectivity index (χ4v) is 2.65. The summed E-state index contributed by atoms with van der Waals surface area (Å²) in [6, 6.07) is 17.2. The van der Waals surface area contributed by atoms with E-state index in [1.54, 1.807) is 10.9 Å². The lowest BCUT2D eigenvalue weighted by molar-refractivity contribution is 0.824. The molecule has 2 aromatic carbocycles. The van der Waals surface area contributed by atoms with Crippen LogP contribution in [0.5, 0.6) is 0 Å². The molecule has 0 aliphatic carbocycles. The SMILES string of the molecule is Cc1cccc(N/C(=C\C=N)c2nn(-c3cccc(C)c3)ccc2=O)c1. The first-order chi connectivity index (χ1) is 12.6. The first-order valence-electron chi connectivity index (χ1n) is 8.28. The molecule has 0 saturated heterocycles. The molecule has 0 spiro atoms. The van der Waals surface area contributed by atoms with Crippen LogP contribution in [-0.2, 0) is 0 Å². The molecule has 0 amide bonds. The second-order valence-electron chi connectivity index (χ2n) is 6.05. The maximum Gasteiger partial charge on any atom is 0.209 e. The monoisotopic (exact) mass is 344 g/mol. The molecule has 2 N–H and O–H groups in total. The van der Waals surface area contributed by atoms with Crippen molar-refractivity contribution in [3.05, 3.63) is 93.9 Å². The molecule has 0 atom stereocenters. The Morgan fingerprint density at radius 3 is 2.50 bits per heavy atom. The first-order valence-corrected chi connectivity index (χ1v) is 8.28. The van der Waals surface area contributed by atoms with E-state index in [0.717, 1.165) is 28.7 Å². The van der Waals surface area contributed by atoms with Gasteiger partial charge in [-0.3, -0.25) is 4.79 Å². The van der Waals surface area contributed by atoms with Crippen molar-refractivity contribution in [1.29, 1.82) is 5.41 Å². The van der Waals surface area contributed by atoms with Gasteiger partial charge in [-0.05, 0) is 55.3 Å². The van der Waals surface area contributed by atoms with Gasteiger partial charge in [-0.15, -0.1) is 0 Å². The largest absolute Gasteiger partial charge is 0.354 e. The summed E-state index contributed by atoms with van der Waals surface area (Å²) in [6.07, 6.45) is 4.32. The Bertz CT molecular complexity index is 1030. The molecule has 3 rings (SSSR count). The van der Waals surface area contributed by atoms with E-state index in [0.29, 0.717) is 5.70 Å². The molecule has 0 radical (unpaired) electrons. The number of hydrogen-bond acceptors (Lipinski definition) is 4. The molecular formula is C21H20N4O. The highest BCUT2D eigenvalue weighted by molar-refractivity contribution is 5.86. The lowest BCUT2D eigenvalue weighted by Crippen LogP contribution is -2.18. The number of rotatable bonds is 5. The third-order valence-corrected chi connectivity index (χ3v) is 3.88. The van der Waals surface area contributed by atoms with Crippen molar-refractivity contribution in [2.45, 2.75) is 13.8 Å². The lowest BCUT2D eigenvalue weighted by atomic mass is 10.2. The van der Waals surface area contributed by atoms with Crippen LogP contribution in [-0.4, -0.2) is 16.0 Å². The van der Waals surface area contributed by atoms with E-state index in [-0.39, 0.29) is 11.1 Å². The quantitative estimate of drug-likeness (QED) is 0.689. The maximum absolute atomic E-state index is 12.4. The smallest absolute Gasteiger partial charge is 0.209 e. The van der Waals surface area contributed by atoms with Crippen LogP contribution in [0.2, 0.25) is 0 Å². The van der Waals surface area contributed by atoms with Gasteiger partial charge in [0, 0.05) is 24.2 Å². The van der Waals surface area contributed by atoms with E-state index in [1.165, 1.54) is 12.1 Å². The van der Waals surface area contributed by atoms with Crippen molar-refractivity contribution < 1.29 is 0 Å². The van der Waals surface area contributed by atoms with Gasteiger partial charge in [0.2, 0.25) is 5.43 Å². The predicted molar refractivity (Wildman–Crippen MR) is 106 cm³/mol. The summed E-state index contributed by atoms with van der Waals surface area (Å²) in [4.78, 5) is 12.4. The molecule has 26 heavy (non-hydrogen) atoms. The molecule has 0 saturated carbocycles. The van der Waals surface area contributed by atoms with Gasteiger partial charge in [0.15, 0.2) is 5.69 Å². The molecular weight excluding hydrogens is 324 g/mol. The van der Waals surface area contributed by atoms with Gasteiger partial charge in [0.25, 0.3) is 0 Å². The van der Waals surface area contributed by atoms with Crippen molar-refractivity contribution in [3.8, 4) is 5.69 Å². The Labute approximate surface area is 152 Å². The van der Waals surface area contributed by atoms with Crippen molar-refractivity contribution >= 4 is 17.6 Å².